The van der Waals surface area contributed by atoms with Crippen molar-refractivity contribution in [2.24, 2.45) is 0 Å². The molecule has 0 aliphatic rings. The van der Waals surface area contributed by atoms with E-state index in [2.05, 4.69) is 0 Å². The van der Waals surface area contributed by atoms with E-state index in [1.165, 1.54) is 13.2 Å². The second-order valence-corrected chi connectivity index (χ2v) is 2.94. The fraction of sp³-hybridized carbons (Fsp3) is 0.300. The zero-order chi connectivity index (χ0) is 11.6. The van der Waals surface area contributed by atoms with Gasteiger partial charge in [-0.05, 0) is 18.6 Å². The van der Waals surface area contributed by atoms with Crippen LogP contribution in [0.15, 0.2) is 12.1 Å². The highest BCUT2D eigenvalue weighted by atomic mass is 19.3. The third-order valence-corrected chi connectivity index (χ3v) is 1.95. The van der Waals surface area contributed by atoms with Crippen LogP contribution in [0.1, 0.15) is 15.9 Å². The molecule has 82 valence electrons. The summed E-state index contributed by atoms with van der Waals surface area (Å²) in [4.78, 5) is 11.0. The summed E-state index contributed by atoms with van der Waals surface area (Å²) in [5.74, 6) is -2.70. The molecule has 0 aromatic heterocycles. The Hall–Kier alpha value is -1.52. The molecule has 0 amide bonds. The summed E-state index contributed by atoms with van der Waals surface area (Å²) in [6, 6.07) is 2.32. The molecule has 0 aliphatic heterocycles. The molecule has 0 saturated carbocycles. The Morgan fingerprint density at radius 2 is 2.00 bits per heavy atom. The normalized spacial score (nSPS) is 10.5. The van der Waals surface area contributed by atoms with Gasteiger partial charge in [0.05, 0.1) is 7.11 Å². The van der Waals surface area contributed by atoms with Crippen LogP contribution in [0, 0.1) is 12.7 Å². The molecular weight excluding hydrogens is 209 g/mol. The number of benzene rings is 1. The SMILES string of the molecule is COc1c(C)ccc(F)c1C(=O)C(F)F. The highest BCUT2D eigenvalue weighted by molar-refractivity contribution is 6.01. The maximum absolute atomic E-state index is 13.2. The molecule has 0 radical (unpaired) electrons. The van der Waals surface area contributed by atoms with E-state index in [0.717, 1.165) is 6.07 Å². The number of ketones is 1. The number of carbonyl (C=O) groups excluding carboxylic acids is 1. The van der Waals surface area contributed by atoms with Crippen LogP contribution in [-0.4, -0.2) is 19.3 Å². The molecule has 0 saturated heterocycles. The standard InChI is InChI=1S/C10H9F3O2/c1-5-3-4-6(11)7(9(5)15-2)8(14)10(12)13/h3-4,10H,1-2H3. The molecule has 0 fully saturated rings. The van der Waals surface area contributed by atoms with Gasteiger partial charge in [0, 0.05) is 0 Å². The first-order valence-corrected chi connectivity index (χ1v) is 4.14. The van der Waals surface area contributed by atoms with Crippen molar-refractivity contribution in [3.8, 4) is 5.75 Å². The average molecular weight is 218 g/mol. The third kappa shape index (κ3) is 2.11. The van der Waals surface area contributed by atoms with Crippen molar-refractivity contribution in [3.63, 3.8) is 0 Å². The summed E-state index contributed by atoms with van der Waals surface area (Å²) in [5.41, 5.74) is -0.254. The van der Waals surface area contributed by atoms with Crippen LogP contribution in [0.25, 0.3) is 0 Å². The van der Waals surface area contributed by atoms with E-state index in [0.29, 0.717) is 5.56 Å². The smallest absolute Gasteiger partial charge is 0.300 e. The molecule has 1 aromatic carbocycles. The van der Waals surface area contributed by atoms with Gasteiger partial charge in [-0.2, -0.15) is 0 Å². The summed E-state index contributed by atoms with van der Waals surface area (Å²) in [6.07, 6.45) is -3.24. The minimum absolute atomic E-state index is 0.139. The van der Waals surface area contributed by atoms with E-state index in [9.17, 15) is 18.0 Å². The molecule has 0 N–H and O–H groups in total. The van der Waals surface area contributed by atoms with Gasteiger partial charge in [-0.3, -0.25) is 4.79 Å². The number of Topliss-reactive ketones (excluding diaryl/α,β-unsaturated/α-hetero) is 1. The van der Waals surface area contributed by atoms with Crippen molar-refractivity contribution in [2.45, 2.75) is 13.3 Å². The van der Waals surface area contributed by atoms with E-state index in [1.807, 2.05) is 0 Å². The van der Waals surface area contributed by atoms with Gasteiger partial charge in [-0.25, -0.2) is 13.2 Å². The Morgan fingerprint density at radius 3 is 2.47 bits per heavy atom. The number of rotatable bonds is 3. The minimum atomic E-state index is -3.24. The number of methoxy groups -OCH3 is 1. The summed E-state index contributed by atoms with van der Waals surface area (Å²) < 4.78 is 42.3. The quantitative estimate of drug-likeness (QED) is 0.729. The van der Waals surface area contributed by atoms with E-state index in [1.54, 1.807) is 6.92 Å². The van der Waals surface area contributed by atoms with Crippen LogP contribution < -0.4 is 4.74 Å². The van der Waals surface area contributed by atoms with Gasteiger partial charge in [0.25, 0.3) is 0 Å². The third-order valence-electron chi connectivity index (χ3n) is 1.95. The lowest BCUT2D eigenvalue weighted by atomic mass is 10.1. The van der Waals surface area contributed by atoms with Crippen LogP contribution >= 0.6 is 0 Å². The van der Waals surface area contributed by atoms with Crippen LogP contribution in [0.4, 0.5) is 13.2 Å². The number of halogens is 3. The number of alkyl halides is 2. The lowest BCUT2D eigenvalue weighted by molar-refractivity contribution is 0.0670. The topological polar surface area (TPSA) is 26.3 Å². The van der Waals surface area contributed by atoms with E-state index >= 15 is 0 Å². The summed E-state index contributed by atoms with van der Waals surface area (Å²) >= 11 is 0. The predicted octanol–water partition coefficient (Wildman–Crippen LogP) is 2.59. The average Bonchev–Trinajstić information content (AvgIpc) is 2.19. The van der Waals surface area contributed by atoms with Crippen molar-refractivity contribution < 1.29 is 22.7 Å². The zero-order valence-electron chi connectivity index (χ0n) is 8.18. The van der Waals surface area contributed by atoms with Crippen molar-refractivity contribution in [1.82, 2.24) is 0 Å². The summed E-state index contributed by atoms with van der Waals surface area (Å²) in [7, 11) is 1.20. The Bertz CT molecular complexity index is 388. The van der Waals surface area contributed by atoms with Gasteiger partial charge in [0.2, 0.25) is 5.78 Å². The number of ether oxygens (including phenoxy) is 1. The highest BCUT2D eigenvalue weighted by Gasteiger charge is 2.26. The second kappa shape index (κ2) is 4.33. The van der Waals surface area contributed by atoms with Crippen molar-refractivity contribution in [2.75, 3.05) is 7.11 Å². The molecule has 0 aliphatic carbocycles. The molecule has 0 spiro atoms. The van der Waals surface area contributed by atoms with Crippen molar-refractivity contribution >= 4 is 5.78 Å². The highest BCUT2D eigenvalue weighted by Crippen LogP contribution is 2.27. The van der Waals surface area contributed by atoms with Gasteiger partial charge < -0.3 is 4.74 Å². The monoisotopic (exact) mass is 218 g/mol. The van der Waals surface area contributed by atoms with E-state index in [4.69, 9.17) is 4.74 Å². The first-order chi connectivity index (χ1) is 6.99. The maximum Gasteiger partial charge on any atom is 0.300 e. The predicted molar refractivity (Wildman–Crippen MR) is 48.0 cm³/mol. The molecule has 15 heavy (non-hydrogen) atoms. The fourth-order valence-corrected chi connectivity index (χ4v) is 1.26. The summed E-state index contributed by atoms with van der Waals surface area (Å²) in [6.45, 7) is 1.54. The lowest BCUT2D eigenvalue weighted by Crippen LogP contribution is -2.14. The Labute approximate surface area is 84.7 Å². The number of hydrogen-bond acceptors (Lipinski definition) is 2. The van der Waals surface area contributed by atoms with Gasteiger partial charge in [0.1, 0.15) is 17.1 Å². The first-order valence-electron chi connectivity index (χ1n) is 4.14. The first kappa shape index (κ1) is 11.6. The number of carbonyl (C=O) groups is 1. The molecule has 0 atom stereocenters. The van der Waals surface area contributed by atoms with Crippen LogP contribution in [0.5, 0.6) is 5.75 Å². The number of hydrogen-bond donors (Lipinski definition) is 0. The van der Waals surface area contributed by atoms with Gasteiger partial charge in [0.15, 0.2) is 0 Å². The molecular formula is C10H9F3O2. The van der Waals surface area contributed by atoms with Crippen LogP contribution in [0.3, 0.4) is 0 Å². The minimum Gasteiger partial charge on any atom is -0.496 e. The lowest BCUT2D eigenvalue weighted by Gasteiger charge is -2.10. The largest absolute Gasteiger partial charge is 0.496 e. The maximum atomic E-state index is 13.2. The Balaban J connectivity index is 3.37. The Morgan fingerprint density at radius 1 is 1.40 bits per heavy atom. The molecule has 0 heterocycles. The molecule has 1 aromatic rings. The van der Waals surface area contributed by atoms with Crippen LogP contribution in [-0.2, 0) is 0 Å². The molecule has 2 nitrogen and oxygen atoms in total. The summed E-state index contributed by atoms with van der Waals surface area (Å²) in [5, 5.41) is 0. The Kier molecular flexibility index (Phi) is 3.34. The molecule has 5 heteroatoms. The van der Waals surface area contributed by atoms with Crippen LogP contribution in [0.2, 0.25) is 0 Å². The van der Waals surface area contributed by atoms with E-state index in [-0.39, 0.29) is 5.75 Å². The fourth-order valence-electron chi connectivity index (χ4n) is 1.26. The molecule has 0 unspecified atom stereocenters. The van der Waals surface area contributed by atoms with Crippen molar-refractivity contribution in [1.29, 1.82) is 0 Å². The van der Waals surface area contributed by atoms with Gasteiger partial charge >= 0.3 is 6.43 Å². The molecule has 1 rings (SSSR count). The zero-order valence-corrected chi connectivity index (χ0v) is 8.18. The second-order valence-electron chi connectivity index (χ2n) is 2.94. The van der Waals surface area contributed by atoms with Crippen molar-refractivity contribution in [3.05, 3.63) is 29.1 Å². The van der Waals surface area contributed by atoms with Gasteiger partial charge in [-0.1, -0.05) is 6.07 Å². The van der Waals surface area contributed by atoms with E-state index < -0.39 is 23.6 Å². The number of aryl methyl sites for hydroxylation is 1. The molecule has 0 bridgehead atoms. The van der Waals surface area contributed by atoms with Gasteiger partial charge in [-0.15, -0.1) is 0 Å².